The van der Waals surface area contributed by atoms with Gasteiger partial charge in [-0.25, -0.2) is 8.51 Å². The van der Waals surface area contributed by atoms with E-state index in [2.05, 4.69) is 5.92 Å². The molecule has 0 fully saturated rings. The van der Waals surface area contributed by atoms with E-state index in [0.29, 0.717) is 13.0 Å². The Morgan fingerprint density at radius 1 is 1.29 bits per heavy atom. The number of esters is 1. The zero-order chi connectivity index (χ0) is 17.9. The van der Waals surface area contributed by atoms with Gasteiger partial charge in [-0.1, -0.05) is 24.3 Å². The third kappa shape index (κ3) is 3.71. The van der Waals surface area contributed by atoms with E-state index in [1.807, 2.05) is 49.3 Å². The van der Waals surface area contributed by atoms with Gasteiger partial charge in [0.1, 0.15) is 11.0 Å². The maximum atomic E-state index is 13.2. The van der Waals surface area contributed by atoms with Gasteiger partial charge in [-0.3, -0.25) is 4.79 Å². The van der Waals surface area contributed by atoms with Crippen LogP contribution in [0.3, 0.4) is 0 Å². The van der Waals surface area contributed by atoms with Gasteiger partial charge in [0.05, 0.1) is 29.9 Å². The van der Waals surface area contributed by atoms with Gasteiger partial charge in [-0.2, -0.15) is 0 Å². The number of ether oxygens (including phenoxy) is 1. The lowest BCUT2D eigenvalue weighted by atomic mass is 9.99. The van der Waals surface area contributed by atoms with Crippen molar-refractivity contribution in [2.24, 2.45) is 0 Å². The first-order valence-electron chi connectivity index (χ1n) is 8.19. The Kier molecular flexibility index (Phi) is 5.84. The number of hydrogen-bond donors (Lipinski definition) is 0. The van der Waals surface area contributed by atoms with Crippen molar-refractivity contribution in [1.29, 1.82) is 0 Å². The second kappa shape index (κ2) is 7.50. The van der Waals surface area contributed by atoms with E-state index in [4.69, 9.17) is 11.2 Å². The molecule has 130 valence electrons. The van der Waals surface area contributed by atoms with E-state index in [1.54, 1.807) is 6.92 Å². The van der Waals surface area contributed by atoms with Crippen LogP contribution in [0.2, 0.25) is 0 Å². The predicted octanol–water partition coefficient (Wildman–Crippen LogP) is 3.52. The van der Waals surface area contributed by atoms with Crippen LogP contribution in [-0.4, -0.2) is 25.8 Å². The summed E-state index contributed by atoms with van der Waals surface area (Å²) in [7, 11) is -1.29. The zero-order valence-electron chi connectivity index (χ0n) is 14.7. The molecule has 0 saturated carbocycles. The number of benzene rings is 1. The summed E-state index contributed by atoms with van der Waals surface area (Å²) in [5.41, 5.74) is 2.07. The fourth-order valence-corrected chi connectivity index (χ4v) is 4.52. The third-order valence-electron chi connectivity index (χ3n) is 4.02. The van der Waals surface area contributed by atoms with E-state index < -0.39 is 15.7 Å². The van der Waals surface area contributed by atoms with Crippen molar-refractivity contribution in [1.82, 2.24) is 4.31 Å². The highest BCUT2D eigenvalue weighted by Gasteiger charge is 2.44. The molecular formula is C19H25NO3S. The lowest BCUT2D eigenvalue weighted by Crippen LogP contribution is -2.39. The van der Waals surface area contributed by atoms with Crippen LogP contribution < -0.4 is 0 Å². The monoisotopic (exact) mass is 347 g/mol. The number of nitrogens with zero attached hydrogens (tertiary/aromatic N) is 1. The number of terminal acetylenes is 1. The van der Waals surface area contributed by atoms with Crippen molar-refractivity contribution in [2.75, 3.05) is 6.61 Å². The van der Waals surface area contributed by atoms with Gasteiger partial charge in [0.25, 0.3) is 0 Å². The summed E-state index contributed by atoms with van der Waals surface area (Å²) in [6, 6.07) is 7.46. The van der Waals surface area contributed by atoms with Crippen LogP contribution in [0, 0.1) is 12.3 Å². The van der Waals surface area contributed by atoms with Crippen LogP contribution in [0.15, 0.2) is 24.3 Å². The number of rotatable bonds is 5. The van der Waals surface area contributed by atoms with Crippen molar-refractivity contribution in [3.05, 3.63) is 35.4 Å². The van der Waals surface area contributed by atoms with Crippen molar-refractivity contribution < 1.29 is 13.7 Å². The van der Waals surface area contributed by atoms with Gasteiger partial charge in [0.15, 0.2) is 0 Å². The summed E-state index contributed by atoms with van der Waals surface area (Å²) in [6.45, 7) is 7.91. The molecule has 24 heavy (non-hydrogen) atoms. The number of fused-ring (bicyclic) bond motifs is 1. The van der Waals surface area contributed by atoms with Gasteiger partial charge >= 0.3 is 5.97 Å². The summed E-state index contributed by atoms with van der Waals surface area (Å²) >= 11 is 0. The molecular weight excluding hydrogens is 322 g/mol. The van der Waals surface area contributed by atoms with Crippen LogP contribution in [0.25, 0.3) is 0 Å². The van der Waals surface area contributed by atoms with E-state index >= 15 is 0 Å². The molecule has 1 aromatic carbocycles. The summed E-state index contributed by atoms with van der Waals surface area (Å²) in [6.07, 6.45) is 6.19. The Balaban J connectivity index is 2.48. The Bertz CT molecular complexity index is 672. The Morgan fingerprint density at radius 2 is 1.88 bits per heavy atom. The van der Waals surface area contributed by atoms with Gasteiger partial charge in [-0.15, -0.1) is 12.3 Å². The van der Waals surface area contributed by atoms with Crippen LogP contribution in [0.5, 0.6) is 0 Å². The second-order valence-electron chi connectivity index (χ2n) is 6.80. The largest absolute Gasteiger partial charge is 0.466 e. The fourth-order valence-electron chi connectivity index (χ4n) is 3.05. The molecule has 0 radical (unpaired) electrons. The first kappa shape index (κ1) is 18.7. The normalized spacial score (nSPS) is 21.8. The topological polar surface area (TPSA) is 46.6 Å². The first-order valence-corrected chi connectivity index (χ1v) is 9.30. The van der Waals surface area contributed by atoms with Crippen molar-refractivity contribution >= 4 is 17.0 Å². The fraction of sp³-hybridized carbons (Fsp3) is 0.526. The maximum absolute atomic E-state index is 13.2. The summed E-state index contributed by atoms with van der Waals surface area (Å²) in [5.74, 6) is 2.41. The molecule has 0 spiro atoms. The summed E-state index contributed by atoms with van der Waals surface area (Å²) in [5, 5.41) is 0. The molecule has 0 bridgehead atoms. The predicted molar refractivity (Wildman–Crippen MR) is 96.4 cm³/mol. The van der Waals surface area contributed by atoms with Crippen molar-refractivity contribution in [2.45, 2.75) is 57.4 Å². The molecule has 0 aliphatic carbocycles. The zero-order valence-corrected chi connectivity index (χ0v) is 15.6. The van der Waals surface area contributed by atoms with E-state index in [1.165, 1.54) is 0 Å². The molecule has 1 aliphatic heterocycles. The minimum atomic E-state index is -1.29. The van der Waals surface area contributed by atoms with Crippen molar-refractivity contribution in [3.8, 4) is 12.3 Å². The van der Waals surface area contributed by atoms with Crippen LogP contribution in [0.4, 0.5) is 0 Å². The van der Waals surface area contributed by atoms with E-state index in [9.17, 15) is 9.00 Å². The van der Waals surface area contributed by atoms with Gasteiger partial charge in [-0.05, 0) is 38.8 Å². The Labute approximate surface area is 147 Å². The average Bonchev–Trinajstić information content (AvgIpc) is 2.80. The molecule has 0 amide bonds. The van der Waals surface area contributed by atoms with Crippen molar-refractivity contribution in [3.63, 3.8) is 0 Å². The molecule has 1 aromatic rings. The molecule has 0 aromatic heterocycles. The quantitative estimate of drug-likeness (QED) is 0.605. The molecule has 1 heterocycles. The van der Waals surface area contributed by atoms with Crippen LogP contribution in [-0.2, 0) is 20.5 Å². The van der Waals surface area contributed by atoms with Gasteiger partial charge in [0.2, 0.25) is 0 Å². The standard InChI is InChI=1S/C19H25NO3S/c1-6-10-16-14-11-8-9-12-15(14)17(13-18(21)23-7-2)20(16)24(22)19(3,4)5/h1,8-9,11-12,16-17H,7,10,13H2,2-5H3/t16-,17-,24+/m0/s1. The van der Waals surface area contributed by atoms with Gasteiger partial charge in [0, 0.05) is 6.42 Å². The maximum Gasteiger partial charge on any atom is 0.307 e. The lowest BCUT2D eigenvalue weighted by molar-refractivity contribution is -0.144. The highest BCUT2D eigenvalue weighted by atomic mass is 32.2. The molecule has 2 rings (SSSR count). The molecule has 0 unspecified atom stereocenters. The first-order chi connectivity index (χ1) is 11.3. The molecule has 5 heteroatoms. The number of carbonyl (C=O) groups is 1. The molecule has 0 saturated heterocycles. The highest BCUT2D eigenvalue weighted by molar-refractivity contribution is 7.84. The second-order valence-corrected chi connectivity index (χ2v) is 8.94. The molecule has 1 aliphatic rings. The number of hydrogen-bond acceptors (Lipinski definition) is 3. The van der Waals surface area contributed by atoms with Gasteiger partial charge < -0.3 is 4.74 Å². The smallest absolute Gasteiger partial charge is 0.307 e. The number of carbonyl (C=O) groups excluding carboxylic acids is 1. The van der Waals surface area contributed by atoms with Crippen LogP contribution in [0.1, 0.15) is 63.7 Å². The highest BCUT2D eigenvalue weighted by Crippen LogP contribution is 2.47. The van der Waals surface area contributed by atoms with Crippen LogP contribution >= 0.6 is 0 Å². The van der Waals surface area contributed by atoms with E-state index in [-0.39, 0.29) is 24.5 Å². The minimum absolute atomic E-state index is 0.148. The molecule has 0 N–H and O–H groups in total. The Morgan fingerprint density at radius 3 is 2.38 bits per heavy atom. The minimum Gasteiger partial charge on any atom is -0.466 e. The summed E-state index contributed by atoms with van der Waals surface area (Å²) in [4.78, 5) is 12.1. The Hall–Kier alpha value is -1.64. The SMILES string of the molecule is C#CC[C@H]1c2ccccc2[C@H](CC(=O)OCC)N1[S@](=O)C(C)(C)C. The lowest BCUT2D eigenvalue weighted by Gasteiger charge is -2.33. The van der Waals surface area contributed by atoms with E-state index in [0.717, 1.165) is 11.1 Å². The molecule has 3 atom stereocenters. The third-order valence-corrected chi connectivity index (χ3v) is 5.96. The average molecular weight is 347 g/mol. The molecule has 4 nitrogen and oxygen atoms in total. The summed E-state index contributed by atoms with van der Waals surface area (Å²) < 4.78 is 19.8.